The fraction of sp³-hybridized carbons (Fsp3) is 0.267. The molecule has 0 spiro atoms. The molecule has 1 heterocycles. The first-order valence-electron chi connectivity index (χ1n) is 6.51. The summed E-state index contributed by atoms with van der Waals surface area (Å²) in [4.78, 5) is 3.99. The highest BCUT2D eigenvalue weighted by molar-refractivity contribution is 5.35. The monoisotopic (exact) mass is 272 g/mol. The zero-order valence-electron chi connectivity index (χ0n) is 11.5. The van der Waals surface area contributed by atoms with Gasteiger partial charge in [0.15, 0.2) is 0 Å². The number of pyridine rings is 1. The smallest absolute Gasteiger partial charge is 0.123 e. The molecule has 5 N–H and O–H groups in total. The Hall–Kier alpha value is -2.11. The van der Waals surface area contributed by atoms with E-state index < -0.39 is 0 Å². The molecule has 0 saturated carbocycles. The lowest BCUT2D eigenvalue weighted by atomic mass is 9.99. The number of ether oxygens (including phenoxy) is 1. The molecular weight excluding hydrogens is 252 g/mol. The van der Waals surface area contributed by atoms with Crippen molar-refractivity contribution in [3.8, 4) is 5.75 Å². The maximum atomic E-state index is 5.69. The molecule has 1 atom stereocenters. The molecule has 2 rings (SSSR count). The Morgan fingerprint density at radius 2 is 2.05 bits per heavy atom. The number of rotatable bonds is 6. The molecule has 5 heteroatoms. The van der Waals surface area contributed by atoms with Crippen LogP contribution in [-0.4, -0.2) is 18.1 Å². The van der Waals surface area contributed by atoms with Crippen molar-refractivity contribution in [1.29, 1.82) is 0 Å². The van der Waals surface area contributed by atoms with E-state index in [0.29, 0.717) is 5.82 Å². The third kappa shape index (κ3) is 3.69. The first kappa shape index (κ1) is 14.3. The number of aromatic nitrogens is 1. The van der Waals surface area contributed by atoms with Crippen LogP contribution in [-0.2, 0) is 12.8 Å². The molecule has 0 saturated heterocycles. The number of nitrogen functional groups attached to an aromatic ring is 1. The van der Waals surface area contributed by atoms with Crippen molar-refractivity contribution in [3.63, 3.8) is 0 Å². The fourth-order valence-corrected chi connectivity index (χ4v) is 2.23. The Morgan fingerprint density at radius 3 is 2.75 bits per heavy atom. The molecule has 0 aliphatic carbocycles. The van der Waals surface area contributed by atoms with E-state index in [-0.39, 0.29) is 6.04 Å². The second-order valence-corrected chi connectivity index (χ2v) is 4.67. The van der Waals surface area contributed by atoms with Gasteiger partial charge in [-0.2, -0.15) is 0 Å². The van der Waals surface area contributed by atoms with Crippen molar-refractivity contribution in [1.82, 2.24) is 10.4 Å². The average Bonchev–Trinajstić information content (AvgIpc) is 2.47. The van der Waals surface area contributed by atoms with Gasteiger partial charge in [0, 0.05) is 12.2 Å². The summed E-state index contributed by atoms with van der Waals surface area (Å²) in [6.45, 7) is 0. The number of hydrazine groups is 1. The van der Waals surface area contributed by atoms with E-state index in [1.54, 1.807) is 13.3 Å². The predicted molar refractivity (Wildman–Crippen MR) is 80.2 cm³/mol. The zero-order chi connectivity index (χ0) is 14.4. The number of hydrogen-bond donors (Lipinski definition) is 3. The Morgan fingerprint density at radius 1 is 1.25 bits per heavy atom. The summed E-state index contributed by atoms with van der Waals surface area (Å²) in [6, 6.07) is 11.9. The van der Waals surface area contributed by atoms with Crippen molar-refractivity contribution < 1.29 is 4.74 Å². The third-order valence-electron chi connectivity index (χ3n) is 3.22. The molecule has 20 heavy (non-hydrogen) atoms. The minimum Gasteiger partial charge on any atom is -0.496 e. The first-order valence-corrected chi connectivity index (χ1v) is 6.51. The summed E-state index contributed by atoms with van der Waals surface area (Å²) in [7, 11) is 1.67. The highest BCUT2D eigenvalue weighted by atomic mass is 16.5. The minimum absolute atomic E-state index is 0.105. The van der Waals surface area contributed by atoms with Crippen LogP contribution in [0.4, 0.5) is 5.82 Å². The second kappa shape index (κ2) is 6.88. The quantitative estimate of drug-likeness (QED) is 0.545. The van der Waals surface area contributed by atoms with Crippen LogP contribution >= 0.6 is 0 Å². The topological polar surface area (TPSA) is 86.2 Å². The molecule has 0 bridgehead atoms. The summed E-state index contributed by atoms with van der Waals surface area (Å²) >= 11 is 0. The largest absolute Gasteiger partial charge is 0.496 e. The van der Waals surface area contributed by atoms with E-state index in [0.717, 1.165) is 29.7 Å². The third-order valence-corrected chi connectivity index (χ3v) is 3.22. The molecule has 1 unspecified atom stereocenters. The lowest BCUT2D eigenvalue weighted by molar-refractivity contribution is 0.404. The van der Waals surface area contributed by atoms with Gasteiger partial charge in [-0.3, -0.25) is 11.3 Å². The summed E-state index contributed by atoms with van der Waals surface area (Å²) in [5, 5.41) is 0. The van der Waals surface area contributed by atoms with Gasteiger partial charge in [-0.25, -0.2) is 4.98 Å². The highest BCUT2D eigenvalue weighted by Gasteiger charge is 2.12. The Bertz CT molecular complexity index is 559. The number of anilines is 1. The Kier molecular flexibility index (Phi) is 4.92. The highest BCUT2D eigenvalue weighted by Crippen LogP contribution is 2.20. The fourth-order valence-electron chi connectivity index (χ4n) is 2.23. The Labute approximate surface area is 118 Å². The average molecular weight is 272 g/mol. The standard InChI is InChI=1S/C15H20N4O/c1-20-14-5-3-2-4-12(14)10-13(19-17)8-11-6-7-18-15(16)9-11/h2-7,9,13,19H,8,10,17H2,1H3,(H2,16,18). The van der Waals surface area contributed by atoms with Crippen LogP contribution in [0.15, 0.2) is 42.6 Å². The maximum Gasteiger partial charge on any atom is 0.123 e. The van der Waals surface area contributed by atoms with Crippen LogP contribution < -0.4 is 21.7 Å². The molecule has 0 fully saturated rings. The van der Waals surface area contributed by atoms with Gasteiger partial charge in [0.05, 0.1) is 7.11 Å². The number of methoxy groups -OCH3 is 1. The number of para-hydroxylation sites is 1. The van der Waals surface area contributed by atoms with Crippen LogP contribution in [0.3, 0.4) is 0 Å². The predicted octanol–water partition coefficient (Wildman–Crippen LogP) is 1.29. The number of hydrogen-bond acceptors (Lipinski definition) is 5. The van der Waals surface area contributed by atoms with Crippen molar-refractivity contribution in [2.75, 3.05) is 12.8 Å². The number of benzene rings is 1. The molecule has 0 aliphatic heterocycles. The SMILES string of the molecule is COc1ccccc1CC(Cc1ccnc(N)c1)NN. The molecule has 1 aromatic heterocycles. The van der Waals surface area contributed by atoms with Crippen LogP contribution in [0.1, 0.15) is 11.1 Å². The number of nitrogens with two attached hydrogens (primary N) is 2. The van der Waals surface area contributed by atoms with Gasteiger partial charge in [-0.1, -0.05) is 18.2 Å². The lowest BCUT2D eigenvalue weighted by Gasteiger charge is -2.17. The summed E-state index contributed by atoms with van der Waals surface area (Å²) < 4.78 is 5.36. The molecule has 0 aliphatic rings. The van der Waals surface area contributed by atoms with E-state index in [1.807, 2.05) is 36.4 Å². The molecular formula is C15H20N4O. The molecule has 106 valence electrons. The van der Waals surface area contributed by atoms with Crippen molar-refractivity contribution in [2.24, 2.45) is 5.84 Å². The van der Waals surface area contributed by atoms with Crippen LogP contribution in [0.5, 0.6) is 5.75 Å². The first-order chi connectivity index (χ1) is 9.72. The van der Waals surface area contributed by atoms with Gasteiger partial charge in [0.2, 0.25) is 0 Å². The van der Waals surface area contributed by atoms with Crippen molar-refractivity contribution in [2.45, 2.75) is 18.9 Å². The summed E-state index contributed by atoms with van der Waals surface area (Å²) in [6.07, 6.45) is 3.27. The summed E-state index contributed by atoms with van der Waals surface area (Å²) in [5.74, 6) is 7.06. The van der Waals surface area contributed by atoms with Crippen molar-refractivity contribution in [3.05, 3.63) is 53.7 Å². The van der Waals surface area contributed by atoms with Crippen LogP contribution in [0, 0.1) is 0 Å². The van der Waals surface area contributed by atoms with Gasteiger partial charge in [0.1, 0.15) is 11.6 Å². The van der Waals surface area contributed by atoms with E-state index in [2.05, 4.69) is 10.4 Å². The number of nitrogens with one attached hydrogen (secondary N) is 1. The van der Waals surface area contributed by atoms with Crippen LogP contribution in [0.2, 0.25) is 0 Å². The molecule has 2 aromatic rings. The second-order valence-electron chi connectivity index (χ2n) is 4.67. The molecule has 1 aromatic carbocycles. The van der Waals surface area contributed by atoms with Gasteiger partial charge in [-0.15, -0.1) is 0 Å². The molecule has 0 amide bonds. The Balaban J connectivity index is 2.09. The van der Waals surface area contributed by atoms with Gasteiger partial charge < -0.3 is 10.5 Å². The van der Waals surface area contributed by atoms with Gasteiger partial charge in [0.25, 0.3) is 0 Å². The van der Waals surface area contributed by atoms with E-state index in [9.17, 15) is 0 Å². The maximum absolute atomic E-state index is 5.69. The number of nitrogens with zero attached hydrogens (tertiary/aromatic N) is 1. The van der Waals surface area contributed by atoms with E-state index >= 15 is 0 Å². The van der Waals surface area contributed by atoms with E-state index in [1.165, 1.54) is 0 Å². The van der Waals surface area contributed by atoms with E-state index in [4.69, 9.17) is 16.3 Å². The molecule has 0 radical (unpaired) electrons. The van der Waals surface area contributed by atoms with Crippen LogP contribution in [0.25, 0.3) is 0 Å². The zero-order valence-corrected chi connectivity index (χ0v) is 11.5. The molecule has 5 nitrogen and oxygen atoms in total. The van der Waals surface area contributed by atoms with Crippen molar-refractivity contribution >= 4 is 5.82 Å². The lowest BCUT2D eigenvalue weighted by Crippen LogP contribution is -2.38. The normalized spacial score (nSPS) is 12.1. The minimum atomic E-state index is 0.105. The summed E-state index contributed by atoms with van der Waals surface area (Å²) in [5.41, 5.74) is 10.8. The van der Waals surface area contributed by atoms with Gasteiger partial charge >= 0.3 is 0 Å². The van der Waals surface area contributed by atoms with Gasteiger partial charge in [-0.05, 0) is 42.2 Å².